The smallest absolute Gasteiger partial charge is 0.273 e. The first kappa shape index (κ1) is 23.0. The molecular weight excluding hydrogens is 465 g/mol. The lowest BCUT2D eigenvalue weighted by molar-refractivity contribution is 0.0663. The predicted molar refractivity (Wildman–Crippen MR) is 125 cm³/mol. The van der Waals surface area contributed by atoms with Crippen LogP contribution in [0.4, 0.5) is 4.39 Å². The van der Waals surface area contributed by atoms with E-state index in [1.807, 2.05) is 32.2 Å². The highest BCUT2D eigenvalue weighted by molar-refractivity contribution is 7.98. The number of hydrogen-bond donors (Lipinski definition) is 0. The van der Waals surface area contributed by atoms with E-state index in [1.165, 1.54) is 30.1 Å². The van der Waals surface area contributed by atoms with Crippen LogP contribution in [0.15, 0.2) is 64.3 Å². The molecule has 0 fully saturated rings. The highest BCUT2D eigenvalue weighted by atomic mass is 35.5. The molecule has 0 radical (unpaired) electrons. The molecule has 0 saturated heterocycles. The fourth-order valence-corrected chi connectivity index (χ4v) is 4.07. The molecule has 4 aromatic rings. The molecule has 1 amide bonds. The van der Waals surface area contributed by atoms with Crippen LogP contribution in [0.1, 0.15) is 30.2 Å². The average molecular weight is 486 g/mol. The van der Waals surface area contributed by atoms with Gasteiger partial charge in [0.25, 0.3) is 5.91 Å². The van der Waals surface area contributed by atoms with Gasteiger partial charge in [-0.2, -0.15) is 0 Å². The van der Waals surface area contributed by atoms with Gasteiger partial charge in [0.1, 0.15) is 11.5 Å². The van der Waals surface area contributed by atoms with Crippen LogP contribution in [0.2, 0.25) is 5.02 Å². The van der Waals surface area contributed by atoms with Crippen molar-refractivity contribution >= 4 is 29.3 Å². The molecule has 7 nitrogen and oxygen atoms in total. The van der Waals surface area contributed by atoms with Gasteiger partial charge in [0.2, 0.25) is 11.8 Å². The Kier molecular flexibility index (Phi) is 6.80. The van der Waals surface area contributed by atoms with E-state index in [9.17, 15) is 9.18 Å². The van der Waals surface area contributed by atoms with Crippen LogP contribution in [-0.4, -0.2) is 42.9 Å². The van der Waals surface area contributed by atoms with Crippen molar-refractivity contribution in [1.82, 2.24) is 24.6 Å². The summed E-state index contributed by atoms with van der Waals surface area (Å²) in [5.74, 6) is -0.0516. The van der Waals surface area contributed by atoms with E-state index in [1.54, 1.807) is 33.7 Å². The maximum absolute atomic E-state index is 13.6. The third kappa shape index (κ3) is 4.79. The van der Waals surface area contributed by atoms with Gasteiger partial charge < -0.3 is 9.32 Å². The molecule has 2 heterocycles. The number of imidazole rings is 1. The molecule has 0 unspecified atom stereocenters. The summed E-state index contributed by atoms with van der Waals surface area (Å²) in [6, 6.07) is 12.9. The lowest BCUT2D eigenvalue weighted by Gasteiger charge is -2.25. The second-order valence-electron chi connectivity index (χ2n) is 7.45. The van der Waals surface area contributed by atoms with Crippen molar-refractivity contribution < 1.29 is 13.6 Å². The van der Waals surface area contributed by atoms with Crippen LogP contribution in [0.5, 0.6) is 0 Å². The van der Waals surface area contributed by atoms with Crippen LogP contribution in [0, 0.1) is 5.82 Å². The molecule has 0 bridgehead atoms. The first-order chi connectivity index (χ1) is 15.9. The quantitative estimate of drug-likeness (QED) is 0.322. The molecule has 0 N–H and O–H groups in total. The third-order valence-electron chi connectivity index (χ3n) is 4.98. The number of halogens is 2. The Morgan fingerprint density at radius 3 is 2.58 bits per heavy atom. The summed E-state index contributed by atoms with van der Waals surface area (Å²) in [5.41, 5.74) is 1.62. The van der Waals surface area contributed by atoms with Gasteiger partial charge in [0.15, 0.2) is 5.16 Å². The summed E-state index contributed by atoms with van der Waals surface area (Å²) in [6.07, 6.45) is 3.39. The minimum atomic E-state index is -0.355. The lowest BCUT2D eigenvalue weighted by Crippen LogP contribution is -2.37. The number of carbonyl (C=O) groups is 1. The van der Waals surface area contributed by atoms with E-state index in [0.717, 1.165) is 0 Å². The summed E-state index contributed by atoms with van der Waals surface area (Å²) in [4.78, 5) is 19.6. The predicted octanol–water partition coefficient (Wildman–Crippen LogP) is 5.49. The average Bonchev–Trinajstić information content (AvgIpc) is 3.45. The van der Waals surface area contributed by atoms with Gasteiger partial charge in [-0.15, -0.1) is 10.2 Å². The Balaban J connectivity index is 1.65. The summed E-state index contributed by atoms with van der Waals surface area (Å²) >= 11 is 7.62. The third-order valence-corrected chi connectivity index (χ3v) is 5.96. The van der Waals surface area contributed by atoms with Crippen LogP contribution < -0.4 is 0 Å². The first-order valence-corrected chi connectivity index (χ1v) is 11.7. The molecule has 0 spiro atoms. The Bertz CT molecular complexity index is 1270. The van der Waals surface area contributed by atoms with Gasteiger partial charge in [-0.1, -0.05) is 35.5 Å². The van der Waals surface area contributed by atoms with Crippen LogP contribution >= 0.6 is 23.4 Å². The fraction of sp³-hybridized carbons (Fsp3) is 0.217. The molecule has 0 atom stereocenters. The minimum absolute atomic E-state index is 0.108. The molecule has 0 aliphatic rings. The monoisotopic (exact) mass is 485 g/mol. The number of aromatic nitrogens is 4. The van der Waals surface area contributed by atoms with Gasteiger partial charge in [-0.05, 0) is 56.5 Å². The molecule has 0 saturated carbocycles. The zero-order chi connectivity index (χ0) is 23.5. The summed E-state index contributed by atoms with van der Waals surface area (Å²) in [5, 5.41) is 9.31. The summed E-state index contributed by atoms with van der Waals surface area (Å²) < 4.78 is 21.0. The van der Waals surface area contributed by atoms with E-state index in [-0.39, 0.29) is 36.1 Å². The van der Waals surface area contributed by atoms with Crippen LogP contribution in [0.25, 0.3) is 17.1 Å². The fourth-order valence-electron chi connectivity index (χ4n) is 3.31. The maximum Gasteiger partial charge on any atom is 0.273 e. The largest absolute Gasteiger partial charge is 0.419 e. The number of rotatable bonds is 7. The van der Waals surface area contributed by atoms with Crippen molar-refractivity contribution in [3.8, 4) is 17.1 Å². The molecule has 0 aliphatic carbocycles. The molecular formula is C23H21ClFN5O2S. The van der Waals surface area contributed by atoms with E-state index in [2.05, 4.69) is 15.2 Å². The highest BCUT2D eigenvalue weighted by Gasteiger charge is 2.27. The lowest BCUT2D eigenvalue weighted by atomic mass is 10.2. The van der Waals surface area contributed by atoms with Crippen molar-refractivity contribution in [2.24, 2.45) is 0 Å². The molecule has 10 heteroatoms. The summed E-state index contributed by atoms with van der Waals surface area (Å²) in [7, 11) is 0. The van der Waals surface area contributed by atoms with Gasteiger partial charge in [-0.25, -0.2) is 9.37 Å². The Morgan fingerprint density at radius 2 is 1.91 bits per heavy atom. The molecule has 33 heavy (non-hydrogen) atoms. The van der Waals surface area contributed by atoms with Crippen molar-refractivity contribution in [3.05, 3.63) is 77.2 Å². The second-order valence-corrected chi connectivity index (χ2v) is 8.63. The van der Waals surface area contributed by atoms with Gasteiger partial charge in [0.05, 0.1) is 23.3 Å². The van der Waals surface area contributed by atoms with Crippen LogP contribution in [-0.2, 0) is 6.54 Å². The number of carbonyl (C=O) groups excluding carboxylic acids is 1. The standard InChI is InChI=1S/C23H21ClFN5O2S/c1-14(2)29(13-20-27-28-21(32-20)17-6-4-5-7-18(17)24)22(31)19-12-26-23(33-3)30(19)16-10-8-15(25)9-11-16/h4-12,14H,13H2,1-3H3. The van der Waals surface area contributed by atoms with E-state index in [4.69, 9.17) is 16.0 Å². The zero-order valence-electron chi connectivity index (χ0n) is 18.2. The van der Waals surface area contributed by atoms with Gasteiger partial charge >= 0.3 is 0 Å². The minimum Gasteiger partial charge on any atom is -0.419 e. The van der Waals surface area contributed by atoms with Crippen molar-refractivity contribution in [1.29, 1.82) is 0 Å². The van der Waals surface area contributed by atoms with E-state index >= 15 is 0 Å². The second kappa shape index (κ2) is 9.76. The van der Waals surface area contributed by atoms with E-state index in [0.29, 0.717) is 27.1 Å². The van der Waals surface area contributed by atoms with Crippen molar-refractivity contribution in [2.45, 2.75) is 31.6 Å². The first-order valence-electron chi connectivity index (χ1n) is 10.1. The van der Waals surface area contributed by atoms with Crippen molar-refractivity contribution in [2.75, 3.05) is 6.26 Å². The Labute approximate surface area is 199 Å². The van der Waals surface area contributed by atoms with Gasteiger partial charge in [-0.3, -0.25) is 9.36 Å². The number of nitrogens with zero attached hydrogens (tertiary/aromatic N) is 5. The van der Waals surface area contributed by atoms with Crippen molar-refractivity contribution in [3.63, 3.8) is 0 Å². The molecule has 4 rings (SSSR count). The Morgan fingerprint density at radius 1 is 1.18 bits per heavy atom. The molecule has 2 aromatic heterocycles. The number of amides is 1. The zero-order valence-corrected chi connectivity index (χ0v) is 19.8. The van der Waals surface area contributed by atoms with Crippen LogP contribution in [0.3, 0.4) is 0 Å². The number of hydrogen-bond acceptors (Lipinski definition) is 6. The van der Waals surface area contributed by atoms with Gasteiger partial charge in [0, 0.05) is 11.7 Å². The topological polar surface area (TPSA) is 77.1 Å². The highest BCUT2D eigenvalue weighted by Crippen LogP contribution is 2.27. The number of benzene rings is 2. The molecule has 2 aromatic carbocycles. The normalized spacial score (nSPS) is 11.2. The Hall–Kier alpha value is -3.17. The molecule has 170 valence electrons. The maximum atomic E-state index is 13.6. The van der Waals surface area contributed by atoms with E-state index < -0.39 is 0 Å². The molecule has 0 aliphatic heterocycles. The number of thioether (sulfide) groups is 1. The SMILES string of the molecule is CSc1ncc(C(=O)N(Cc2nnc(-c3ccccc3Cl)o2)C(C)C)n1-c1ccc(F)cc1. The summed E-state index contributed by atoms with van der Waals surface area (Å²) in [6.45, 7) is 3.91.